The Kier molecular flexibility index (Phi) is 6.50. The third-order valence-corrected chi connectivity index (χ3v) is 5.56. The quantitative estimate of drug-likeness (QED) is 0.314. The second-order valence-corrected chi connectivity index (χ2v) is 8.05. The highest BCUT2D eigenvalue weighted by molar-refractivity contribution is 6.30. The predicted molar refractivity (Wildman–Crippen MR) is 123 cm³/mol. The summed E-state index contributed by atoms with van der Waals surface area (Å²) in [7, 11) is 0. The van der Waals surface area contributed by atoms with Crippen LogP contribution in [0.4, 0.5) is 24.8 Å². The lowest BCUT2D eigenvalue weighted by Gasteiger charge is -2.13. The van der Waals surface area contributed by atoms with Crippen molar-refractivity contribution in [3.63, 3.8) is 0 Å². The lowest BCUT2D eigenvalue weighted by molar-refractivity contribution is -0.136. The van der Waals surface area contributed by atoms with Crippen molar-refractivity contribution in [2.45, 2.75) is 18.7 Å². The summed E-state index contributed by atoms with van der Waals surface area (Å²) < 4.78 is 41.8. The molecule has 1 aromatic carbocycles. The van der Waals surface area contributed by atoms with Crippen LogP contribution < -0.4 is 16.8 Å². The molecule has 4 aromatic rings. The third kappa shape index (κ3) is 4.98. The molecule has 13 heteroatoms. The summed E-state index contributed by atoms with van der Waals surface area (Å²) in [5, 5.41) is 17.3. The number of aliphatic hydroxyl groups excluding tert-OH is 1. The molecule has 0 spiro atoms. The van der Waals surface area contributed by atoms with E-state index in [4.69, 9.17) is 23.1 Å². The molecule has 0 fully saturated rings. The number of fused-ring (bicyclic) bond motifs is 1. The Balaban J connectivity index is 1.58. The molecule has 1 amide bonds. The van der Waals surface area contributed by atoms with Gasteiger partial charge in [-0.05, 0) is 36.2 Å². The van der Waals surface area contributed by atoms with Crippen molar-refractivity contribution >= 4 is 34.7 Å². The Morgan fingerprint density at radius 2 is 1.86 bits per heavy atom. The van der Waals surface area contributed by atoms with Gasteiger partial charge in [-0.2, -0.15) is 18.3 Å². The van der Waals surface area contributed by atoms with Crippen molar-refractivity contribution in [3.8, 4) is 11.3 Å². The van der Waals surface area contributed by atoms with Gasteiger partial charge in [0.05, 0.1) is 22.9 Å². The predicted octanol–water partition coefficient (Wildman–Crippen LogP) is 3.48. The fourth-order valence-electron chi connectivity index (χ4n) is 3.56. The van der Waals surface area contributed by atoms with Crippen LogP contribution in [0.3, 0.4) is 0 Å². The van der Waals surface area contributed by atoms with Gasteiger partial charge < -0.3 is 21.9 Å². The smallest absolute Gasteiger partial charge is 0.388 e. The zero-order chi connectivity index (χ0) is 25.3. The molecule has 1 atom stereocenters. The maximum atomic E-state index is 13.6. The number of nitrogens with one attached hydrogen (secondary N) is 1. The van der Waals surface area contributed by atoms with Gasteiger partial charge in [0.15, 0.2) is 5.82 Å². The molecule has 0 saturated carbocycles. The van der Waals surface area contributed by atoms with Gasteiger partial charge in [0, 0.05) is 23.3 Å². The SMILES string of the molecule is Nc1ncc(-c2cc(C(F)(F)F)c3c(N)ncnn23)cc1C(=O)NCC[C@@H](O)c1ccc(Cl)cc1. The summed E-state index contributed by atoms with van der Waals surface area (Å²) in [5.41, 5.74) is 10.8. The van der Waals surface area contributed by atoms with Crippen molar-refractivity contribution < 1.29 is 23.1 Å². The molecular formula is C22H19ClF3N7O2. The number of benzene rings is 1. The number of hydrogen-bond donors (Lipinski definition) is 4. The molecule has 182 valence electrons. The van der Waals surface area contributed by atoms with Gasteiger partial charge in [0.2, 0.25) is 0 Å². The van der Waals surface area contributed by atoms with Crippen molar-refractivity contribution in [3.05, 3.63) is 70.6 Å². The number of rotatable bonds is 6. The van der Waals surface area contributed by atoms with Crippen LogP contribution in [0.5, 0.6) is 0 Å². The molecule has 0 bridgehead atoms. The molecule has 4 rings (SSSR count). The highest BCUT2D eigenvalue weighted by atomic mass is 35.5. The fraction of sp³-hybridized carbons (Fsp3) is 0.182. The first-order valence-corrected chi connectivity index (χ1v) is 10.6. The van der Waals surface area contributed by atoms with Crippen LogP contribution in [0.15, 0.2) is 48.9 Å². The number of alkyl halides is 3. The van der Waals surface area contributed by atoms with Crippen molar-refractivity contribution in [1.29, 1.82) is 0 Å². The molecule has 0 aliphatic rings. The minimum absolute atomic E-state index is 0.00105. The first-order valence-electron chi connectivity index (χ1n) is 10.2. The van der Waals surface area contributed by atoms with Crippen LogP contribution >= 0.6 is 11.6 Å². The van der Waals surface area contributed by atoms with Crippen LogP contribution in [-0.2, 0) is 6.18 Å². The zero-order valence-corrected chi connectivity index (χ0v) is 18.7. The van der Waals surface area contributed by atoms with E-state index >= 15 is 0 Å². The van der Waals surface area contributed by atoms with E-state index in [1.807, 2.05) is 0 Å². The normalized spacial score (nSPS) is 12.6. The summed E-state index contributed by atoms with van der Waals surface area (Å²) in [4.78, 5) is 20.3. The first kappa shape index (κ1) is 24.2. The van der Waals surface area contributed by atoms with E-state index in [9.17, 15) is 23.1 Å². The second kappa shape index (κ2) is 9.39. The summed E-state index contributed by atoms with van der Waals surface area (Å²) in [6.07, 6.45) is -3.09. The van der Waals surface area contributed by atoms with Crippen LogP contribution in [0, 0.1) is 0 Å². The number of nitrogen functional groups attached to an aromatic ring is 2. The molecule has 3 heterocycles. The Morgan fingerprint density at radius 1 is 1.14 bits per heavy atom. The number of halogens is 4. The van der Waals surface area contributed by atoms with E-state index in [-0.39, 0.29) is 41.4 Å². The maximum Gasteiger partial charge on any atom is 0.418 e. The number of carbonyl (C=O) groups is 1. The summed E-state index contributed by atoms with van der Waals surface area (Å²) in [6, 6.07) is 8.81. The van der Waals surface area contributed by atoms with Crippen LogP contribution in [-0.4, -0.2) is 37.1 Å². The van der Waals surface area contributed by atoms with E-state index in [0.717, 1.165) is 16.9 Å². The van der Waals surface area contributed by atoms with Crippen molar-refractivity contribution in [1.82, 2.24) is 24.9 Å². The largest absolute Gasteiger partial charge is 0.418 e. The Morgan fingerprint density at radius 3 is 2.54 bits per heavy atom. The molecule has 6 N–H and O–H groups in total. The van der Waals surface area contributed by atoms with E-state index < -0.39 is 29.3 Å². The minimum atomic E-state index is -4.71. The van der Waals surface area contributed by atoms with Gasteiger partial charge in [0.25, 0.3) is 5.91 Å². The lowest BCUT2D eigenvalue weighted by Crippen LogP contribution is -2.26. The number of pyridine rings is 1. The number of carbonyl (C=O) groups excluding carboxylic acids is 1. The molecule has 0 saturated heterocycles. The monoisotopic (exact) mass is 505 g/mol. The van der Waals surface area contributed by atoms with Gasteiger partial charge in [-0.25, -0.2) is 14.5 Å². The van der Waals surface area contributed by atoms with Crippen molar-refractivity contribution in [2.75, 3.05) is 18.0 Å². The molecule has 3 aromatic heterocycles. The van der Waals surface area contributed by atoms with E-state index in [1.54, 1.807) is 24.3 Å². The van der Waals surface area contributed by atoms with E-state index in [0.29, 0.717) is 10.6 Å². The first-order chi connectivity index (χ1) is 16.6. The summed E-state index contributed by atoms with van der Waals surface area (Å²) in [6.45, 7) is 0.0995. The number of aromatic nitrogens is 4. The Hall–Kier alpha value is -3.90. The molecular weight excluding hydrogens is 487 g/mol. The van der Waals surface area contributed by atoms with Gasteiger partial charge in [-0.3, -0.25) is 4.79 Å². The maximum absolute atomic E-state index is 13.6. The standard InChI is InChI=1S/C22H19ClF3N7O2/c23-13-3-1-11(2-4-13)17(34)5-6-29-21(35)14-7-12(9-30-19(14)27)16-8-15(22(24,25)26)18-20(28)31-10-32-33(16)18/h1-4,7-10,17,34H,5-6H2,(H2,27,30)(H,29,35)(H2,28,31,32)/t17-/m1/s1. The average molecular weight is 506 g/mol. The number of anilines is 2. The number of hydrogen-bond acceptors (Lipinski definition) is 7. The van der Waals surface area contributed by atoms with E-state index in [2.05, 4.69) is 20.4 Å². The highest BCUT2D eigenvalue weighted by Crippen LogP contribution is 2.38. The van der Waals surface area contributed by atoms with Crippen LogP contribution in [0.1, 0.15) is 34.0 Å². The summed E-state index contributed by atoms with van der Waals surface area (Å²) in [5.74, 6) is -1.07. The van der Waals surface area contributed by atoms with Gasteiger partial charge in [-0.1, -0.05) is 23.7 Å². The Labute approximate surface area is 201 Å². The fourth-order valence-corrected chi connectivity index (χ4v) is 3.68. The Bertz CT molecular complexity index is 1390. The van der Waals surface area contributed by atoms with Crippen LogP contribution in [0.25, 0.3) is 16.8 Å². The topological polar surface area (TPSA) is 144 Å². The number of amides is 1. The molecule has 0 radical (unpaired) electrons. The third-order valence-electron chi connectivity index (χ3n) is 5.31. The van der Waals surface area contributed by atoms with Crippen LogP contribution in [0.2, 0.25) is 5.02 Å². The summed E-state index contributed by atoms with van der Waals surface area (Å²) >= 11 is 5.84. The number of aliphatic hydroxyl groups is 1. The molecule has 0 aliphatic carbocycles. The van der Waals surface area contributed by atoms with Gasteiger partial charge >= 0.3 is 6.18 Å². The van der Waals surface area contributed by atoms with Gasteiger partial charge in [0.1, 0.15) is 17.7 Å². The minimum Gasteiger partial charge on any atom is -0.388 e. The molecule has 9 nitrogen and oxygen atoms in total. The number of nitrogens with two attached hydrogens (primary N) is 2. The van der Waals surface area contributed by atoms with Gasteiger partial charge in [-0.15, -0.1) is 0 Å². The lowest BCUT2D eigenvalue weighted by atomic mass is 10.1. The second-order valence-electron chi connectivity index (χ2n) is 7.62. The molecule has 0 aliphatic heterocycles. The zero-order valence-electron chi connectivity index (χ0n) is 17.9. The highest BCUT2D eigenvalue weighted by Gasteiger charge is 2.36. The van der Waals surface area contributed by atoms with Crippen molar-refractivity contribution in [2.24, 2.45) is 0 Å². The molecule has 0 unspecified atom stereocenters. The number of nitrogens with zero attached hydrogens (tertiary/aromatic N) is 4. The van der Waals surface area contributed by atoms with E-state index in [1.165, 1.54) is 12.3 Å². The average Bonchev–Trinajstić information content (AvgIpc) is 3.21. The molecule has 35 heavy (non-hydrogen) atoms.